The lowest BCUT2D eigenvalue weighted by Crippen LogP contribution is -2.35. The van der Waals surface area contributed by atoms with Crippen LogP contribution in [0.25, 0.3) is 0 Å². The van der Waals surface area contributed by atoms with Crippen LogP contribution in [0, 0.1) is 10.1 Å². The van der Waals surface area contributed by atoms with E-state index in [1.807, 2.05) is 25.9 Å². The number of carbonyl (C=O) groups is 1. The Hall–Kier alpha value is -1.73. The van der Waals surface area contributed by atoms with Crippen molar-refractivity contribution < 1.29 is 9.72 Å². The third-order valence-corrected chi connectivity index (χ3v) is 2.97. The molecule has 0 saturated carbocycles. The monoisotopic (exact) mass is 300 g/mol. The van der Waals surface area contributed by atoms with Crippen molar-refractivity contribution in [3.8, 4) is 0 Å². The number of hydrogen-bond acceptors (Lipinski definition) is 5. The maximum Gasteiger partial charge on any atom is 0.319 e. The zero-order valence-corrected chi connectivity index (χ0v) is 12.3. The number of hydrogen-bond donors (Lipinski definition) is 1. The average molecular weight is 301 g/mol. The fraction of sp³-hybridized carbons (Fsp3) is 0.500. The number of aromatic nitrogens is 1. The molecule has 1 aromatic rings. The molecule has 110 valence electrons. The SMILES string of the molecule is CC(CCN(C)C)NC(=O)c1ccnc(Cl)c1[N+](=O)[O-]. The number of halogens is 1. The predicted molar refractivity (Wildman–Crippen MR) is 76.0 cm³/mol. The van der Waals surface area contributed by atoms with Gasteiger partial charge in [0.05, 0.1) is 4.92 Å². The molecular weight excluding hydrogens is 284 g/mol. The summed E-state index contributed by atoms with van der Waals surface area (Å²) in [6, 6.07) is 1.19. The van der Waals surface area contributed by atoms with Gasteiger partial charge in [0.25, 0.3) is 5.91 Å². The van der Waals surface area contributed by atoms with E-state index >= 15 is 0 Å². The van der Waals surface area contributed by atoms with Crippen molar-refractivity contribution in [3.63, 3.8) is 0 Å². The molecule has 8 heteroatoms. The number of rotatable bonds is 6. The Morgan fingerprint density at radius 1 is 1.60 bits per heavy atom. The first-order valence-corrected chi connectivity index (χ1v) is 6.45. The summed E-state index contributed by atoms with van der Waals surface area (Å²) < 4.78 is 0. The van der Waals surface area contributed by atoms with E-state index in [4.69, 9.17) is 11.6 Å². The second-order valence-electron chi connectivity index (χ2n) is 4.72. The van der Waals surface area contributed by atoms with Gasteiger partial charge in [0.15, 0.2) is 0 Å². The molecule has 1 unspecified atom stereocenters. The van der Waals surface area contributed by atoms with Gasteiger partial charge in [0, 0.05) is 12.2 Å². The Balaban J connectivity index is 2.83. The number of amides is 1. The van der Waals surface area contributed by atoms with Gasteiger partial charge in [0.1, 0.15) is 5.56 Å². The zero-order chi connectivity index (χ0) is 15.3. The van der Waals surface area contributed by atoms with E-state index in [-0.39, 0.29) is 16.8 Å². The molecule has 0 radical (unpaired) electrons. The number of pyridine rings is 1. The maximum atomic E-state index is 12.1. The van der Waals surface area contributed by atoms with Crippen molar-refractivity contribution in [2.45, 2.75) is 19.4 Å². The Morgan fingerprint density at radius 2 is 2.25 bits per heavy atom. The molecule has 20 heavy (non-hydrogen) atoms. The molecule has 0 saturated heterocycles. The molecule has 1 N–H and O–H groups in total. The minimum atomic E-state index is -0.700. The Bertz CT molecular complexity index is 507. The van der Waals surface area contributed by atoms with Crippen molar-refractivity contribution in [2.75, 3.05) is 20.6 Å². The first-order chi connectivity index (χ1) is 9.32. The van der Waals surface area contributed by atoms with Gasteiger partial charge < -0.3 is 10.2 Å². The quantitative estimate of drug-likeness (QED) is 0.491. The van der Waals surface area contributed by atoms with Crippen LogP contribution < -0.4 is 5.32 Å². The Kier molecular flexibility index (Phi) is 5.84. The molecule has 1 heterocycles. The molecule has 0 aliphatic carbocycles. The van der Waals surface area contributed by atoms with E-state index in [2.05, 4.69) is 10.3 Å². The lowest BCUT2D eigenvalue weighted by atomic mass is 10.1. The molecule has 0 bridgehead atoms. The van der Waals surface area contributed by atoms with Gasteiger partial charge in [-0.2, -0.15) is 0 Å². The summed E-state index contributed by atoms with van der Waals surface area (Å²) in [4.78, 5) is 27.9. The van der Waals surface area contributed by atoms with Gasteiger partial charge in [-0.3, -0.25) is 14.9 Å². The third-order valence-electron chi connectivity index (χ3n) is 2.69. The lowest BCUT2D eigenvalue weighted by molar-refractivity contribution is -0.385. The van der Waals surface area contributed by atoms with Crippen LogP contribution in [0.1, 0.15) is 23.7 Å². The fourth-order valence-corrected chi connectivity index (χ4v) is 1.84. The van der Waals surface area contributed by atoms with E-state index < -0.39 is 16.5 Å². The first kappa shape index (κ1) is 16.3. The molecule has 0 spiro atoms. The van der Waals surface area contributed by atoms with Crippen LogP contribution in [0.4, 0.5) is 5.69 Å². The van der Waals surface area contributed by atoms with E-state index in [9.17, 15) is 14.9 Å². The van der Waals surface area contributed by atoms with Crippen LogP contribution in [-0.4, -0.2) is 47.4 Å². The minimum Gasteiger partial charge on any atom is -0.349 e. The number of nitrogens with zero attached hydrogens (tertiary/aromatic N) is 3. The van der Waals surface area contributed by atoms with Crippen LogP contribution in [0.2, 0.25) is 5.15 Å². The fourth-order valence-electron chi connectivity index (χ4n) is 1.61. The second-order valence-corrected chi connectivity index (χ2v) is 5.08. The average Bonchev–Trinajstić information content (AvgIpc) is 2.35. The molecule has 0 aliphatic rings. The minimum absolute atomic E-state index is 0.0771. The van der Waals surface area contributed by atoms with Crippen molar-refractivity contribution in [1.29, 1.82) is 0 Å². The summed E-state index contributed by atoms with van der Waals surface area (Å²) in [7, 11) is 3.87. The number of carbonyl (C=O) groups excluding carboxylic acids is 1. The largest absolute Gasteiger partial charge is 0.349 e. The summed E-state index contributed by atoms with van der Waals surface area (Å²) in [5, 5.41) is 13.4. The van der Waals surface area contributed by atoms with Crippen molar-refractivity contribution in [3.05, 3.63) is 33.1 Å². The highest BCUT2D eigenvalue weighted by atomic mass is 35.5. The van der Waals surface area contributed by atoms with Crippen LogP contribution in [-0.2, 0) is 0 Å². The summed E-state index contributed by atoms with van der Waals surface area (Å²) in [6.45, 7) is 2.65. The van der Waals surface area contributed by atoms with Gasteiger partial charge in [0.2, 0.25) is 5.15 Å². The summed E-state index contributed by atoms with van der Waals surface area (Å²) in [6.07, 6.45) is 2.01. The van der Waals surface area contributed by atoms with Crippen molar-refractivity contribution in [1.82, 2.24) is 15.2 Å². The van der Waals surface area contributed by atoms with Crippen molar-refractivity contribution >= 4 is 23.2 Å². The van der Waals surface area contributed by atoms with E-state index in [0.717, 1.165) is 13.0 Å². The smallest absolute Gasteiger partial charge is 0.319 e. The van der Waals surface area contributed by atoms with E-state index in [0.29, 0.717) is 0 Å². The molecule has 1 amide bonds. The van der Waals surface area contributed by atoms with Crippen molar-refractivity contribution in [2.24, 2.45) is 0 Å². The van der Waals surface area contributed by atoms with E-state index in [1.165, 1.54) is 12.3 Å². The normalized spacial score (nSPS) is 12.2. The van der Waals surface area contributed by atoms with Gasteiger partial charge in [-0.05, 0) is 40.1 Å². The van der Waals surface area contributed by atoms with Gasteiger partial charge in [-0.25, -0.2) is 4.98 Å². The molecule has 7 nitrogen and oxygen atoms in total. The summed E-state index contributed by atoms with van der Waals surface area (Å²) in [5.74, 6) is -0.521. The standard InChI is InChI=1S/C12H17ClN4O3/c1-8(5-7-16(2)3)15-12(18)9-4-6-14-11(13)10(9)17(19)20/h4,6,8H,5,7H2,1-3H3,(H,15,18). The molecule has 1 aromatic heterocycles. The molecule has 0 fully saturated rings. The van der Waals surface area contributed by atoms with Gasteiger partial charge in [-0.1, -0.05) is 11.6 Å². The maximum absolute atomic E-state index is 12.1. The molecule has 0 aliphatic heterocycles. The number of nitro groups is 1. The third kappa shape index (κ3) is 4.43. The van der Waals surface area contributed by atoms with Crippen LogP contribution >= 0.6 is 11.6 Å². The first-order valence-electron chi connectivity index (χ1n) is 6.07. The van der Waals surface area contributed by atoms with E-state index in [1.54, 1.807) is 0 Å². The molecular formula is C12H17ClN4O3. The van der Waals surface area contributed by atoms with Crippen LogP contribution in [0.3, 0.4) is 0 Å². The lowest BCUT2D eigenvalue weighted by Gasteiger charge is -2.16. The Morgan fingerprint density at radius 3 is 2.80 bits per heavy atom. The van der Waals surface area contributed by atoms with Gasteiger partial charge >= 0.3 is 5.69 Å². The zero-order valence-electron chi connectivity index (χ0n) is 11.6. The molecule has 1 rings (SSSR count). The van der Waals surface area contributed by atoms with Crippen LogP contribution in [0.5, 0.6) is 0 Å². The highest BCUT2D eigenvalue weighted by Gasteiger charge is 2.25. The topological polar surface area (TPSA) is 88.4 Å². The van der Waals surface area contributed by atoms with Crippen LogP contribution in [0.15, 0.2) is 12.3 Å². The molecule has 0 aromatic carbocycles. The Labute approximate surface area is 122 Å². The second kappa shape index (κ2) is 7.16. The highest BCUT2D eigenvalue weighted by molar-refractivity contribution is 6.32. The summed E-state index contributed by atoms with van der Waals surface area (Å²) in [5.41, 5.74) is -0.543. The summed E-state index contributed by atoms with van der Waals surface area (Å²) >= 11 is 5.67. The van der Waals surface area contributed by atoms with Gasteiger partial charge in [-0.15, -0.1) is 0 Å². The predicted octanol–water partition coefficient (Wildman–Crippen LogP) is 1.71. The highest BCUT2D eigenvalue weighted by Crippen LogP contribution is 2.25. The molecule has 1 atom stereocenters. The number of nitrogens with one attached hydrogen (secondary N) is 1.